The fraction of sp³-hybridized carbons (Fsp3) is 0.267. The molecule has 2 heterocycles. The predicted octanol–water partition coefficient (Wildman–Crippen LogP) is 0.597. The van der Waals surface area contributed by atoms with Crippen molar-refractivity contribution < 1.29 is 19.5 Å². The van der Waals surface area contributed by atoms with Crippen molar-refractivity contribution in [2.75, 3.05) is 5.75 Å². The fourth-order valence-corrected chi connectivity index (χ4v) is 3.74. The Labute approximate surface area is 131 Å². The van der Waals surface area contributed by atoms with Gasteiger partial charge in [-0.25, -0.2) is 4.79 Å². The number of fused-ring (bicyclic) bond motifs is 1. The third-order valence-electron chi connectivity index (χ3n) is 3.59. The van der Waals surface area contributed by atoms with Gasteiger partial charge in [-0.1, -0.05) is 30.3 Å². The number of hydrogen-bond acceptors (Lipinski definition) is 4. The second kappa shape index (κ2) is 5.84. The highest BCUT2D eigenvalue weighted by Gasteiger charge is 2.52. The number of hydrogen-bond donors (Lipinski definition) is 2. The Bertz CT molecular complexity index is 659. The van der Waals surface area contributed by atoms with Crippen LogP contribution in [0.15, 0.2) is 42.1 Å². The number of β-lactam (4-membered cyclic amide) rings is 1. The fourth-order valence-electron chi connectivity index (χ4n) is 2.54. The maximum Gasteiger partial charge on any atom is 0.352 e. The van der Waals surface area contributed by atoms with E-state index in [0.29, 0.717) is 5.75 Å². The lowest BCUT2D eigenvalue weighted by Crippen LogP contribution is -2.70. The van der Waals surface area contributed by atoms with E-state index in [4.69, 9.17) is 5.11 Å². The summed E-state index contributed by atoms with van der Waals surface area (Å²) < 4.78 is 0. The summed E-state index contributed by atoms with van der Waals surface area (Å²) in [6.07, 6.45) is 1.72. The molecule has 2 aliphatic heterocycles. The maximum atomic E-state index is 12.1. The van der Waals surface area contributed by atoms with Crippen LogP contribution in [0.5, 0.6) is 0 Å². The zero-order valence-electron chi connectivity index (χ0n) is 11.6. The average Bonchev–Trinajstić information content (AvgIpc) is 2.52. The minimum Gasteiger partial charge on any atom is -0.477 e. The number of rotatable bonds is 4. The van der Waals surface area contributed by atoms with Crippen molar-refractivity contribution in [1.29, 1.82) is 0 Å². The standard InChI is InChI=1S/C15H14N2O4S/c18-11(8-9-4-2-1-3-5-9)16-12-13(19)17-10(15(20)21)6-7-22-14(12)17/h1-6,12,14H,7-8H2,(H,16,18)(H,20,21)/t12-,14-/m1/s1. The highest BCUT2D eigenvalue weighted by atomic mass is 32.2. The Kier molecular flexibility index (Phi) is 3.89. The Hall–Kier alpha value is -2.28. The second-order valence-electron chi connectivity index (χ2n) is 5.03. The summed E-state index contributed by atoms with van der Waals surface area (Å²) in [5.41, 5.74) is 0.869. The molecule has 2 N–H and O–H groups in total. The number of nitrogens with zero attached hydrogens (tertiary/aromatic N) is 1. The molecule has 1 fully saturated rings. The van der Waals surface area contributed by atoms with Crippen LogP contribution in [0.4, 0.5) is 0 Å². The van der Waals surface area contributed by atoms with Crippen LogP contribution in [0.2, 0.25) is 0 Å². The first-order valence-electron chi connectivity index (χ1n) is 6.79. The number of nitrogens with one attached hydrogen (secondary N) is 1. The number of carboxylic acids is 1. The van der Waals surface area contributed by atoms with Crippen molar-refractivity contribution >= 4 is 29.5 Å². The SMILES string of the molecule is O=C(Cc1ccccc1)N[C@@H]1C(=O)N2C(C(=O)O)=CCS[C@H]12. The highest BCUT2D eigenvalue weighted by molar-refractivity contribution is 8.00. The number of thioether (sulfide) groups is 1. The van der Waals surface area contributed by atoms with Crippen LogP contribution >= 0.6 is 11.8 Å². The topological polar surface area (TPSA) is 86.7 Å². The second-order valence-corrected chi connectivity index (χ2v) is 6.18. The van der Waals surface area contributed by atoms with Crippen molar-refractivity contribution in [3.63, 3.8) is 0 Å². The molecule has 0 unspecified atom stereocenters. The smallest absolute Gasteiger partial charge is 0.352 e. The summed E-state index contributed by atoms with van der Waals surface area (Å²) in [5.74, 6) is -1.21. The number of aliphatic carboxylic acids is 1. The van der Waals surface area contributed by atoms with Crippen LogP contribution in [0.25, 0.3) is 0 Å². The zero-order chi connectivity index (χ0) is 15.7. The van der Waals surface area contributed by atoms with E-state index in [9.17, 15) is 14.4 Å². The molecule has 1 aromatic rings. The first kappa shape index (κ1) is 14.6. The van der Waals surface area contributed by atoms with Crippen LogP contribution in [-0.4, -0.2) is 45.0 Å². The molecule has 0 bridgehead atoms. The van der Waals surface area contributed by atoms with Gasteiger partial charge in [0, 0.05) is 5.75 Å². The van der Waals surface area contributed by atoms with E-state index in [1.807, 2.05) is 30.3 Å². The van der Waals surface area contributed by atoms with E-state index < -0.39 is 12.0 Å². The molecule has 6 nitrogen and oxygen atoms in total. The highest BCUT2D eigenvalue weighted by Crippen LogP contribution is 2.37. The summed E-state index contributed by atoms with van der Waals surface area (Å²) in [6.45, 7) is 0. The summed E-state index contributed by atoms with van der Waals surface area (Å²) >= 11 is 1.44. The zero-order valence-corrected chi connectivity index (χ0v) is 12.4. The molecule has 0 radical (unpaired) electrons. The average molecular weight is 318 g/mol. The first-order valence-corrected chi connectivity index (χ1v) is 7.84. The lowest BCUT2D eigenvalue weighted by molar-refractivity contribution is -0.150. The molecule has 1 aromatic carbocycles. The number of amides is 2. The van der Waals surface area contributed by atoms with Gasteiger partial charge in [-0.2, -0.15) is 0 Å². The van der Waals surface area contributed by atoms with Gasteiger partial charge in [-0.3, -0.25) is 14.5 Å². The minimum atomic E-state index is -1.12. The third kappa shape index (κ3) is 2.59. The van der Waals surface area contributed by atoms with Gasteiger partial charge in [-0.15, -0.1) is 11.8 Å². The molecule has 1 saturated heterocycles. The largest absolute Gasteiger partial charge is 0.477 e. The molecule has 0 saturated carbocycles. The van der Waals surface area contributed by atoms with E-state index in [2.05, 4.69) is 5.32 Å². The molecule has 0 aliphatic carbocycles. The number of benzene rings is 1. The van der Waals surface area contributed by atoms with Gasteiger partial charge in [-0.05, 0) is 11.6 Å². The molecule has 0 aromatic heterocycles. The van der Waals surface area contributed by atoms with E-state index in [1.165, 1.54) is 22.7 Å². The van der Waals surface area contributed by atoms with Crippen molar-refractivity contribution in [3.05, 3.63) is 47.7 Å². The molecule has 22 heavy (non-hydrogen) atoms. The monoisotopic (exact) mass is 318 g/mol. The van der Waals surface area contributed by atoms with Crippen molar-refractivity contribution in [1.82, 2.24) is 10.2 Å². The Morgan fingerprint density at radius 1 is 1.32 bits per heavy atom. The summed E-state index contributed by atoms with van der Waals surface area (Å²) in [7, 11) is 0. The lowest BCUT2D eigenvalue weighted by Gasteiger charge is -2.48. The molecular weight excluding hydrogens is 304 g/mol. The van der Waals surface area contributed by atoms with E-state index in [-0.39, 0.29) is 29.3 Å². The molecule has 7 heteroatoms. The normalized spacial score (nSPS) is 23.2. The number of carbonyl (C=O) groups excluding carboxylic acids is 2. The van der Waals surface area contributed by atoms with Crippen LogP contribution in [0.1, 0.15) is 5.56 Å². The molecule has 2 atom stereocenters. The maximum absolute atomic E-state index is 12.1. The van der Waals surface area contributed by atoms with E-state index >= 15 is 0 Å². The first-order chi connectivity index (χ1) is 10.6. The quantitative estimate of drug-likeness (QED) is 0.794. The summed E-state index contributed by atoms with van der Waals surface area (Å²) in [5, 5.41) is 11.5. The number of carboxylic acid groups (broad SMARTS) is 1. The van der Waals surface area contributed by atoms with Gasteiger partial charge < -0.3 is 10.4 Å². The molecule has 114 valence electrons. The summed E-state index contributed by atoms with van der Waals surface area (Å²) in [4.78, 5) is 36.5. The van der Waals surface area contributed by atoms with Gasteiger partial charge in [0.2, 0.25) is 5.91 Å². The lowest BCUT2D eigenvalue weighted by atomic mass is 10.0. The van der Waals surface area contributed by atoms with E-state index in [0.717, 1.165) is 5.56 Å². The predicted molar refractivity (Wildman–Crippen MR) is 80.9 cm³/mol. The molecule has 2 amide bonds. The van der Waals surface area contributed by atoms with E-state index in [1.54, 1.807) is 0 Å². The van der Waals surface area contributed by atoms with Gasteiger partial charge >= 0.3 is 5.97 Å². The molecule has 3 rings (SSSR count). The van der Waals surface area contributed by atoms with Gasteiger partial charge in [0.15, 0.2) is 0 Å². The Morgan fingerprint density at radius 3 is 2.73 bits per heavy atom. The van der Waals surface area contributed by atoms with Crippen molar-refractivity contribution in [2.24, 2.45) is 0 Å². The van der Waals surface area contributed by atoms with Crippen molar-refractivity contribution in [3.8, 4) is 0 Å². The van der Waals surface area contributed by atoms with Crippen LogP contribution in [-0.2, 0) is 20.8 Å². The van der Waals surface area contributed by atoms with Gasteiger partial charge in [0.1, 0.15) is 17.1 Å². The van der Waals surface area contributed by atoms with Crippen LogP contribution in [0.3, 0.4) is 0 Å². The van der Waals surface area contributed by atoms with Crippen LogP contribution < -0.4 is 5.32 Å². The van der Waals surface area contributed by atoms with Gasteiger partial charge in [0.05, 0.1) is 6.42 Å². The Morgan fingerprint density at radius 2 is 2.05 bits per heavy atom. The molecule has 0 spiro atoms. The molecule has 2 aliphatic rings. The van der Waals surface area contributed by atoms with Crippen molar-refractivity contribution in [2.45, 2.75) is 17.8 Å². The third-order valence-corrected chi connectivity index (χ3v) is 4.77. The van der Waals surface area contributed by atoms with Crippen LogP contribution in [0, 0.1) is 0 Å². The Balaban J connectivity index is 1.63. The summed E-state index contributed by atoms with van der Waals surface area (Å²) in [6, 6.07) is 8.60. The number of carbonyl (C=O) groups is 3. The van der Waals surface area contributed by atoms with Gasteiger partial charge in [0.25, 0.3) is 5.91 Å². The minimum absolute atomic E-state index is 0.00214. The molecular formula is C15H14N2O4S.